The number of benzene rings is 2. The molecule has 6 aromatic heterocycles. The molecule has 8 rings (SSSR count). The average molecular weight is 1400 g/mol. The summed E-state index contributed by atoms with van der Waals surface area (Å²) in [7, 11) is -2.77. The summed E-state index contributed by atoms with van der Waals surface area (Å²) >= 11 is 11.9. The van der Waals surface area contributed by atoms with Crippen LogP contribution in [0.1, 0.15) is 128 Å². The number of ether oxygens (including phenoxy) is 4. The first-order valence-corrected chi connectivity index (χ1v) is 48.3. The number of unbranched alkanes of at least 4 members (excludes halogenated alkanes) is 3. The average Bonchev–Trinajstić information content (AvgIpc) is 4.34. The van der Waals surface area contributed by atoms with Gasteiger partial charge in [-0.1, -0.05) is 45.3 Å². The number of halogens is 1. The summed E-state index contributed by atoms with van der Waals surface area (Å²) in [6.07, 6.45) is 8.55. The molecule has 0 bridgehead atoms. The van der Waals surface area contributed by atoms with Gasteiger partial charge >= 0.3 is 147 Å². The fraction of sp³-hybridized carbons (Fsp3) is 0.419. The smallest absolute Gasteiger partial charge is 0.339 e. The number of hydrogen-bond donors (Lipinski definition) is 0. The molecule has 0 N–H and O–H groups in total. The maximum atomic E-state index is 13.0. The normalized spacial score (nSPS) is 11.7. The van der Waals surface area contributed by atoms with Gasteiger partial charge in [0.1, 0.15) is 0 Å². The molecule has 0 saturated carbocycles. The summed E-state index contributed by atoms with van der Waals surface area (Å²) in [6.45, 7) is 29.4. The third kappa shape index (κ3) is 16.8. The van der Waals surface area contributed by atoms with Gasteiger partial charge in [-0.3, -0.25) is 0 Å². The zero-order valence-electron chi connectivity index (χ0n) is 48.9. The zero-order valence-corrected chi connectivity index (χ0v) is 60.2. The quantitative estimate of drug-likeness (QED) is 0.0354. The van der Waals surface area contributed by atoms with Crippen LogP contribution in [-0.4, -0.2) is 84.8 Å². The second-order valence-corrected chi connectivity index (χ2v) is 53.7. The molecule has 0 aliphatic rings. The van der Waals surface area contributed by atoms with Crippen LogP contribution < -0.4 is 11.9 Å². The van der Waals surface area contributed by atoms with Crippen molar-refractivity contribution in [1.82, 2.24) is 0 Å². The van der Waals surface area contributed by atoms with Crippen LogP contribution >= 0.6 is 84.0 Å². The number of esters is 4. The molecular weight excluding hydrogens is 1320 g/mol. The molecule has 0 atom stereocenters. The third-order valence-corrected chi connectivity index (χ3v) is 46.2. The first-order chi connectivity index (χ1) is 38.2. The summed E-state index contributed by atoms with van der Waals surface area (Å²) in [5.41, 5.74) is 3.85. The Labute approximate surface area is 513 Å². The van der Waals surface area contributed by atoms with Crippen molar-refractivity contribution in [3.05, 3.63) is 110 Å². The van der Waals surface area contributed by atoms with Crippen molar-refractivity contribution in [3.63, 3.8) is 0 Å². The van der Waals surface area contributed by atoms with Crippen LogP contribution in [-0.2, 0) is 18.9 Å². The van der Waals surface area contributed by atoms with Crippen molar-refractivity contribution in [3.8, 4) is 31.3 Å². The second kappa shape index (κ2) is 30.5. The van der Waals surface area contributed by atoms with Gasteiger partial charge in [-0.2, -0.15) is 0 Å². The molecule has 8 aromatic rings. The minimum absolute atomic E-state index is 0.283. The van der Waals surface area contributed by atoms with E-state index in [-0.39, 0.29) is 32.4 Å². The van der Waals surface area contributed by atoms with Gasteiger partial charge in [0.25, 0.3) is 0 Å². The number of thiophene rings is 6. The molecule has 430 valence electrons. The van der Waals surface area contributed by atoms with Gasteiger partial charge in [-0.05, 0) is 113 Å². The largest absolute Gasteiger partial charge is 0.462 e. The van der Waals surface area contributed by atoms with Crippen molar-refractivity contribution in [2.75, 3.05) is 26.4 Å². The van der Waals surface area contributed by atoms with E-state index in [0.717, 1.165) is 14.6 Å². The van der Waals surface area contributed by atoms with E-state index in [4.69, 9.17) is 18.9 Å². The number of rotatable bonds is 23. The molecule has 80 heavy (non-hydrogen) atoms. The van der Waals surface area contributed by atoms with Crippen LogP contribution in [0.5, 0.6) is 0 Å². The van der Waals surface area contributed by atoms with Crippen LogP contribution in [0.15, 0.2) is 88.0 Å². The van der Waals surface area contributed by atoms with Crippen LogP contribution in [0, 0.1) is 0 Å². The van der Waals surface area contributed by atoms with Crippen molar-refractivity contribution >= 4 is 173 Å². The van der Waals surface area contributed by atoms with E-state index in [0.29, 0.717) is 43.4 Å². The van der Waals surface area contributed by atoms with E-state index in [1.807, 2.05) is 43.1 Å². The van der Waals surface area contributed by atoms with Gasteiger partial charge in [0.05, 0.1) is 64.8 Å². The van der Waals surface area contributed by atoms with Crippen LogP contribution in [0.2, 0.25) is 52.6 Å². The fourth-order valence-electron chi connectivity index (χ4n) is 9.26. The SMILES string of the molecule is CCC[CH2][Sn]([CH2]CCC)([CH2]CCC)[c]1cccs1.CCOC(=O)c1cc(-c2cc3sc([Si](C)(C)C)cc3s2)c(C(=O)OCC)cc1-c1cccs1.CCOC(=O)c1cc(-c2cc3sc([Si](C)(C)C)cc3s2)c(C(=O)OCC)cc1Br. The van der Waals surface area contributed by atoms with Crippen LogP contribution in [0.3, 0.4) is 0 Å². The molecule has 0 aliphatic carbocycles. The number of fused-ring (bicyclic) bond motifs is 2. The first kappa shape index (κ1) is 65.9. The molecule has 0 amide bonds. The maximum absolute atomic E-state index is 13.0. The fourth-order valence-corrected chi connectivity index (χ4v) is 39.2. The van der Waals surface area contributed by atoms with E-state index >= 15 is 0 Å². The summed E-state index contributed by atoms with van der Waals surface area (Å²) in [6, 6.07) is 24.4. The van der Waals surface area contributed by atoms with Crippen LogP contribution in [0.4, 0.5) is 0 Å². The second-order valence-electron chi connectivity index (χ2n) is 21.6. The Hall–Kier alpha value is -3.25. The van der Waals surface area contributed by atoms with Crippen molar-refractivity contribution in [1.29, 1.82) is 0 Å². The van der Waals surface area contributed by atoms with E-state index in [1.54, 1.807) is 87.9 Å². The molecule has 0 saturated heterocycles. The van der Waals surface area contributed by atoms with E-state index in [9.17, 15) is 19.2 Å². The molecule has 0 radical (unpaired) electrons. The van der Waals surface area contributed by atoms with Gasteiger partial charge in [0, 0.05) is 54.6 Å². The Morgan fingerprint density at radius 1 is 0.450 bits per heavy atom. The number of carbonyl (C=O) groups excluding carboxylic acids is 4. The Morgan fingerprint density at radius 3 is 1.16 bits per heavy atom. The minimum atomic E-state index is -2.01. The first-order valence-electron chi connectivity index (χ1n) is 28.0. The molecule has 0 aliphatic heterocycles. The Morgan fingerprint density at radius 2 is 0.812 bits per heavy atom. The standard InChI is InChI=1S/C25H26O4S3Si.C21H23BrO4S2Si.C4H3S.3C4H9.Sn/c1-6-28-24(26)17-12-16(20-13-21-22(31-20)14-23(32-21)33(3,4)5)18(25(27)29-7-2)11-15(17)19-9-8-10-30-19;1-6-25-20(23)13-9-15(22)14(21(24)26-7-2)8-12(13)16-10-17-18(27-16)11-19(28-17)29(3,4)5;1-2-4-5-3-1;3*1-3-4-2;/h8-14H,6-7H2,1-5H3;8-11H,6-7H2,1-5H3;1-3H;3*1,3-4H2,2H3;. The van der Waals surface area contributed by atoms with Gasteiger partial charge < -0.3 is 18.9 Å². The van der Waals surface area contributed by atoms with Gasteiger partial charge in [-0.15, -0.1) is 56.7 Å². The summed E-state index contributed by atoms with van der Waals surface area (Å²) < 4.78 is 36.1. The molecule has 0 fully saturated rings. The molecule has 0 spiro atoms. The van der Waals surface area contributed by atoms with E-state index < -0.39 is 52.4 Å². The minimum Gasteiger partial charge on any atom is -0.462 e. The van der Waals surface area contributed by atoms with E-state index in [2.05, 4.69) is 129 Å². The van der Waals surface area contributed by atoms with Gasteiger partial charge in [-0.25, -0.2) is 19.2 Å². The monoisotopic (exact) mass is 1400 g/mol. The molecule has 0 unspecified atom stereocenters. The summed E-state index contributed by atoms with van der Waals surface area (Å²) in [4.78, 5) is 53.6. The van der Waals surface area contributed by atoms with Crippen molar-refractivity contribution < 1.29 is 38.1 Å². The summed E-state index contributed by atoms with van der Waals surface area (Å²) in [5, 5.41) is 4.26. The molecule has 6 heterocycles. The summed E-state index contributed by atoms with van der Waals surface area (Å²) in [5.74, 6) is -1.61. The Bertz CT molecular complexity index is 3240. The number of hydrogen-bond acceptors (Lipinski definition) is 14. The van der Waals surface area contributed by atoms with E-state index in [1.165, 1.54) is 77.7 Å². The molecule has 8 nitrogen and oxygen atoms in total. The Kier molecular flexibility index (Phi) is 25.1. The van der Waals surface area contributed by atoms with Crippen LogP contribution in [0.25, 0.3) is 50.1 Å². The molecule has 18 heteroatoms. The van der Waals surface area contributed by atoms with Crippen molar-refractivity contribution in [2.45, 2.75) is 140 Å². The maximum Gasteiger partial charge on any atom is 0.339 e. The molecular formula is C62H79BrO8S6Si2Sn. The predicted octanol–water partition coefficient (Wildman–Crippen LogP) is 19.4. The molecule has 2 aromatic carbocycles. The zero-order chi connectivity index (χ0) is 58.4. The third-order valence-electron chi connectivity index (χ3n) is 13.5. The predicted molar refractivity (Wildman–Crippen MR) is 360 cm³/mol. The topological polar surface area (TPSA) is 105 Å². The van der Waals surface area contributed by atoms with Crippen molar-refractivity contribution in [2.24, 2.45) is 0 Å². The Balaban J connectivity index is 0.000000202. The van der Waals surface area contributed by atoms with Gasteiger partial charge in [0.15, 0.2) is 0 Å². The van der Waals surface area contributed by atoms with Gasteiger partial charge in [0.2, 0.25) is 0 Å². The number of carbonyl (C=O) groups is 4.